The maximum atomic E-state index is 6.01. The molecule has 4 heterocycles. The van der Waals surface area contributed by atoms with E-state index in [2.05, 4.69) is 22.1 Å². The second-order valence-corrected chi connectivity index (χ2v) is 9.92. The lowest BCUT2D eigenvalue weighted by molar-refractivity contribution is 0.238. The van der Waals surface area contributed by atoms with Gasteiger partial charge in [0.2, 0.25) is 0 Å². The van der Waals surface area contributed by atoms with Gasteiger partial charge in [-0.05, 0) is 73.5 Å². The van der Waals surface area contributed by atoms with Crippen LogP contribution >= 0.6 is 11.6 Å². The fourth-order valence-electron chi connectivity index (χ4n) is 4.79. The van der Waals surface area contributed by atoms with Crippen LogP contribution in [0, 0.1) is 0 Å². The van der Waals surface area contributed by atoms with Crippen LogP contribution in [-0.2, 0) is 13.0 Å². The molecule has 0 atom stereocenters. The third-order valence-corrected chi connectivity index (χ3v) is 7.00. The second-order valence-electron chi connectivity index (χ2n) is 9.48. The van der Waals surface area contributed by atoms with Gasteiger partial charge in [0.05, 0.1) is 18.4 Å². The highest BCUT2D eigenvalue weighted by Gasteiger charge is 2.13. The van der Waals surface area contributed by atoms with Crippen molar-refractivity contribution in [3.63, 3.8) is 0 Å². The Labute approximate surface area is 221 Å². The Hall–Kier alpha value is -3.68. The minimum atomic E-state index is 0.658. The van der Waals surface area contributed by atoms with Crippen LogP contribution in [0.2, 0.25) is 5.02 Å². The highest BCUT2D eigenvalue weighted by Crippen LogP contribution is 2.21. The zero-order chi connectivity index (χ0) is 25.0. The Morgan fingerprint density at radius 1 is 0.892 bits per heavy atom. The largest absolute Gasteiger partial charge is 0.492 e. The summed E-state index contributed by atoms with van der Waals surface area (Å²) < 4.78 is 9.76. The molecule has 0 radical (unpaired) electrons. The smallest absolute Gasteiger partial charge is 0.156 e. The molecule has 1 saturated heterocycles. The van der Waals surface area contributed by atoms with E-state index in [0.717, 1.165) is 57.8 Å². The van der Waals surface area contributed by atoms with Crippen molar-refractivity contribution in [1.29, 1.82) is 0 Å². The molecule has 188 valence electrons. The lowest BCUT2D eigenvalue weighted by atomic mass is 10.1. The number of nitrogens with zero attached hydrogens (tertiary/aromatic N) is 6. The third-order valence-electron chi connectivity index (χ3n) is 6.75. The van der Waals surface area contributed by atoms with Crippen LogP contribution in [0.15, 0.2) is 79.1 Å². The van der Waals surface area contributed by atoms with Crippen molar-refractivity contribution < 1.29 is 4.74 Å². The van der Waals surface area contributed by atoms with Crippen molar-refractivity contribution in [2.75, 3.05) is 26.2 Å². The molecule has 0 spiro atoms. The van der Waals surface area contributed by atoms with Crippen LogP contribution < -0.4 is 4.74 Å². The van der Waals surface area contributed by atoms with Gasteiger partial charge in [-0.25, -0.2) is 9.50 Å². The number of fused-ring (bicyclic) bond motifs is 1. The van der Waals surface area contributed by atoms with Gasteiger partial charge < -0.3 is 4.74 Å². The summed E-state index contributed by atoms with van der Waals surface area (Å²) in [5.41, 5.74) is 5.06. The van der Waals surface area contributed by atoms with Crippen LogP contribution in [0.1, 0.15) is 29.8 Å². The quantitative estimate of drug-likeness (QED) is 0.266. The number of aromatic nitrogens is 5. The molecule has 0 amide bonds. The second kappa shape index (κ2) is 10.7. The average molecular weight is 513 g/mol. The Morgan fingerprint density at radius 2 is 1.68 bits per heavy atom. The zero-order valence-corrected chi connectivity index (χ0v) is 21.4. The summed E-state index contributed by atoms with van der Waals surface area (Å²) in [7, 11) is 0. The number of hydrogen-bond donors (Lipinski definition) is 0. The number of benzene rings is 2. The lowest BCUT2D eigenvalue weighted by Crippen LogP contribution is -2.25. The van der Waals surface area contributed by atoms with E-state index in [9.17, 15) is 0 Å². The van der Waals surface area contributed by atoms with Gasteiger partial charge >= 0.3 is 0 Å². The Bertz CT molecular complexity index is 1470. The molecule has 37 heavy (non-hydrogen) atoms. The molecule has 8 heteroatoms. The van der Waals surface area contributed by atoms with Gasteiger partial charge in [0.1, 0.15) is 12.4 Å². The van der Waals surface area contributed by atoms with E-state index in [1.807, 2.05) is 76.2 Å². The maximum Gasteiger partial charge on any atom is 0.156 e. The fraction of sp³-hybridized carbons (Fsp3) is 0.276. The van der Waals surface area contributed by atoms with Gasteiger partial charge in [0, 0.05) is 29.7 Å². The highest BCUT2D eigenvalue weighted by molar-refractivity contribution is 6.30. The van der Waals surface area contributed by atoms with Crippen molar-refractivity contribution in [1.82, 2.24) is 29.3 Å². The molecule has 6 rings (SSSR count). The SMILES string of the molecule is Clc1ccc(Cn2cc(-c3cccc4nc(Cc5ccc(OCCN6CCCC6)cc5)nn34)cn2)cc1. The fourth-order valence-corrected chi connectivity index (χ4v) is 4.91. The first-order chi connectivity index (χ1) is 18.2. The maximum absolute atomic E-state index is 6.01. The van der Waals surface area contributed by atoms with Crippen LogP contribution in [0.25, 0.3) is 16.9 Å². The van der Waals surface area contributed by atoms with E-state index in [-0.39, 0.29) is 0 Å². The predicted molar refractivity (Wildman–Crippen MR) is 145 cm³/mol. The Morgan fingerprint density at radius 3 is 2.49 bits per heavy atom. The first-order valence-corrected chi connectivity index (χ1v) is 13.1. The monoisotopic (exact) mass is 512 g/mol. The third kappa shape index (κ3) is 5.68. The van der Waals surface area contributed by atoms with E-state index in [1.54, 1.807) is 0 Å². The minimum absolute atomic E-state index is 0.658. The molecular weight excluding hydrogens is 484 g/mol. The highest BCUT2D eigenvalue weighted by atomic mass is 35.5. The van der Waals surface area contributed by atoms with Gasteiger partial charge in [0.25, 0.3) is 0 Å². The van der Waals surface area contributed by atoms with Gasteiger partial charge in [-0.2, -0.15) is 10.2 Å². The number of rotatable bonds is 9. The average Bonchev–Trinajstić information content (AvgIpc) is 3.67. The molecule has 7 nitrogen and oxygen atoms in total. The summed E-state index contributed by atoms with van der Waals surface area (Å²) in [4.78, 5) is 7.23. The van der Waals surface area contributed by atoms with Gasteiger partial charge in [0.15, 0.2) is 11.5 Å². The summed E-state index contributed by atoms with van der Waals surface area (Å²) in [6.45, 7) is 4.79. The van der Waals surface area contributed by atoms with Crippen molar-refractivity contribution in [2.24, 2.45) is 0 Å². The molecule has 5 aromatic rings. The molecule has 0 aliphatic carbocycles. The number of ether oxygens (including phenoxy) is 1. The van der Waals surface area contributed by atoms with Crippen LogP contribution in [-0.4, -0.2) is 55.5 Å². The van der Waals surface area contributed by atoms with E-state index in [0.29, 0.717) is 13.0 Å². The summed E-state index contributed by atoms with van der Waals surface area (Å²) in [5, 5.41) is 10.1. The van der Waals surface area contributed by atoms with Crippen molar-refractivity contribution >= 4 is 17.2 Å². The number of halogens is 1. The number of hydrogen-bond acceptors (Lipinski definition) is 5. The molecule has 3 aromatic heterocycles. The predicted octanol–water partition coefficient (Wildman–Crippen LogP) is 5.36. The zero-order valence-electron chi connectivity index (χ0n) is 20.6. The first kappa shape index (κ1) is 23.7. The molecule has 0 unspecified atom stereocenters. The Balaban J connectivity index is 1.13. The van der Waals surface area contributed by atoms with Crippen molar-refractivity contribution in [2.45, 2.75) is 25.8 Å². The topological polar surface area (TPSA) is 60.5 Å². The van der Waals surface area contributed by atoms with Crippen LogP contribution in [0.3, 0.4) is 0 Å². The van der Waals surface area contributed by atoms with Gasteiger partial charge in [-0.3, -0.25) is 9.58 Å². The molecule has 0 bridgehead atoms. The molecule has 0 saturated carbocycles. The standard InChI is InChI=1S/C29H29ClN6O/c30-25-10-6-23(7-11-25)20-35-21-24(19-31-35)27-4-3-5-29-32-28(33-36(27)29)18-22-8-12-26(13-9-22)37-17-16-34-14-1-2-15-34/h3-13,19,21H,1-2,14-18,20H2. The number of likely N-dealkylation sites (tertiary alicyclic amines) is 1. The van der Waals surface area contributed by atoms with Crippen LogP contribution in [0.5, 0.6) is 5.75 Å². The van der Waals surface area contributed by atoms with Crippen molar-refractivity contribution in [3.05, 3.63) is 101 Å². The molecule has 1 aliphatic heterocycles. The van der Waals surface area contributed by atoms with E-state index in [1.165, 1.54) is 25.9 Å². The van der Waals surface area contributed by atoms with Crippen molar-refractivity contribution in [3.8, 4) is 17.0 Å². The normalized spacial score (nSPS) is 14.0. The molecule has 1 aliphatic rings. The van der Waals surface area contributed by atoms with E-state index >= 15 is 0 Å². The molecule has 1 fully saturated rings. The van der Waals surface area contributed by atoms with E-state index < -0.39 is 0 Å². The lowest BCUT2D eigenvalue weighted by Gasteiger charge is -2.14. The van der Waals surface area contributed by atoms with E-state index in [4.69, 9.17) is 26.4 Å². The van der Waals surface area contributed by atoms with Gasteiger partial charge in [-0.15, -0.1) is 0 Å². The summed E-state index contributed by atoms with van der Waals surface area (Å²) in [5.74, 6) is 1.69. The summed E-state index contributed by atoms with van der Waals surface area (Å²) in [6, 6.07) is 22.1. The molecule has 0 N–H and O–H groups in total. The summed E-state index contributed by atoms with van der Waals surface area (Å²) in [6.07, 6.45) is 7.18. The first-order valence-electron chi connectivity index (χ1n) is 12.8. The minimum Gasteiger partial charge on any atom is -0.492 e. The van der Waals surface area contributed by atoms with Crippen LogP contribution in [0.4, 0.5) is 0 Å². The van der Waals surface area contributed by atoms with Gasteiger partial charge in [-0.1, -0.05) is 41.9 Å². The summed E-state index contributed by atoms with van der Waals surface area (Å²) >= 11 is 6.01. The Kier molecular flexibility index (Phi) is 6.88. The number of pyridine rings is 1. The molecule has 2 aromatic carbocycles. The molecular formula is C29H29ClN6O.